The van der Waals surface area contributed by atoms with Gasteiger partial charge in [0.2, 0.25) is 0 Å². The summed E-state index contributed by atoms with van der Waals surface area (Å²) in [6, 6.07) is 7.98. The molecule has 1 aliphatic rings. The zero-order valence-electron chi connectivity index (χ0n) is 11.1. The number of pyridine rings is 1. The highest BCUT2D eigenvalue weighted by molar-refractivity contribution is 9.11. The second-order valence-electron chi connectivity index (χ2n) is 4.93. The molecule has 0 spiro atoms. The maximum absolute atomic E-state index is 5.87. The van der Waals surface area contributed by atoms with E-state index in [9.17, 15) is 0 Å². The molecule has 3 N–H and O–H groups in total. The van der Waals surface area contributed by atoms with Crippen LogP contribution in [0.1, 0.15) is 23.2 Å². The van der Waals surface area contributed by atoms with Crippen LogP contribution in [0.3, 0.4) is 0 Å². The lowest BCUT2D eigenvalue weighted by Crippen LogP contribution is -2.14. The third-order valence-electron chi connectivity index (χ3n) is 3.52. The molecule has 0 bridgehead atoms. The highest BCUT2D eigenvalue weighted by Crippen LogP contribution is 2.34. The van der Waals surface area contributed by atoms with Gasteiger partial charge in [-0.2, -0.15) is 0 Å². The lowest BCUT2D eigenvalue weighted by molar-refractivity contribution is 0.900. The lowest BCUT2D eigenvalue weighted by Gasteiger charge is -2.15. The van der Waals surface area contributed by atoms with Gasteiger partial charge in [0.15, 0.2) is 0 Å². The summed E-state index contributed by atoms with van der Waals surface area (Å²) < 4.78 is 1.90. The molecule has 0 amide bonds. The first-order valence-corrected chi connectivity index (χ1v) is 8.59. The SMILES string of the molecule is NC(=S)c1cc2c(nc1Nc1c(Br)cccc1Br)CCC2. The molecule has 0 saturated carbocycles. The van der Waals surface area contributed by atoms with Gasteiger partial charge in [-0.05, 0) is 74.9 Å². The van der Waals surface area contributed by atoms with E-state index in [1.165, 1.54) is 5.56 Å². The van der Waals surface area contributed by atoms with Crippen molar-refractivity contribution in [3.63, 3.8) is 0 Å². The van der Waals surface area contributed by atoms with Gasteiger partial charge in [-0.3, -0.25) is 0 Å². The van der Waals surface area contributed by atoms with Crippen LogP contribution in [0.15, 0.2) is 33.2 Å². The Labute approximate surface area is 145 Å². The molecule has 1 heterocycles. The highest BCUT2D eigenvalue weighted by Gasteiger charge is 2.18. The summed E-state index contributed by atoms with van der Waals surface area (Å²) in [5.41, 5.74) is 9.98. The predicted octanol–water partition coefficient (Wildman–Crippen LogP) is 4.47. The predicted molar refractivity (Wildman–Crippen MR) is 97.3 cm³/mol. The molecule has 1 aromatic carbocycles. The van der Waals surface area contributed by atoms with Gasteiger partial charge in [0.25, 0.3) is 0 Å². The maximum Gasteiger partial charge on any atom is 0.140 e. The summed E-state index contributed by atoms with van der Waals surface area (Å²) in [6.07, 6.45) is 3.21. The minimum absolute atomic E-state index is 0.364. The molecule has 0 aliphatic heterocycles. The zero-order chi connectivity index (χ0) is 15.0. The molecule has 21 heavy (non-hydrogen) atoms. The largest absolute Gasteiger partial charge is 0.389 e. The molecule has 1 aromatic heterocycles. The molecular formula is C15H13Br2N3S. The fourth-order valence-corrected chi connectivity index (χ4v) is 3.84. The van der Waals surface area contributed by atoms with E-state index in [1.54, 1.807) is 0 Å². The number of aromatic nitrogens is 1. The molecule has 6 heteroatoms. The van der Waals surface area contributed by atoms with Gasteiger partial charge in [0.05, 0.1) is 11.3 Å². The van der Waals surface area contributed by atoms with Gasteiger partial charge in [0.1, 0.15) is 10.8 Å². The average molecular weight is 427 g/mol. The second kappa shape index (κ2) is 6.02. The van der Waals surface area contributed by atoms with E-state index in [1.807, 2.05) is 18.2 Å². The van der Waals surface area contributed by atoms with Crippen LogP contribution < -0.4 is 11.1 Å². The van der Waals surface area contributed by atoms with E-state index in [0.717, 1.165) is 51.0 Å². The molecule has 0 unspecified atom stereocenters. The molecule has 0 atom stereocenters. The number of fused-ring (bicyclic) bond motifs is 1. The second-order valence-corrected chi connectivity index (χ2v) is 7.08. The number of aryl methyl sites for hydroxylation is 2. The van der Waals surface area contributed by atoms with Crippen LogP contribution >= 0.6 is 44.1 Å². The Hall–Kier alpha value is -0.980. The minimum atomic E-state index is 0.364. The fourth-order valence-electron chi connectivity index (χ4n) is 2.49. The van der Waals surface area contributed by atoms with E-state index < -0.39 is 0 Å². The first kappa shape index (κ1) is 14.9. The van der Waals surface area contributed by atoms with E-state index in [-0.39, 0.29) is 0 Å². The number of nitrogens with zero attached hydrogens (tertiary/aromatic N) is 1. The Morgan fingerprint density at radius 2 is 1.95 bits per heavy atom. The monoisotopic (exact) mass is 425 g/mol. The molecule has 1 aliphatic carbocycles. The van der Waals surface area contributed by atoms with Crippen molar-refractivity contribution in [2.45, 2.75) is 19.3 Å². The van der Waals surface area contributed by atoms with E-state index >= 15 is 0 Å². The van der Waals surface area contributed by atoms with Gasteiger partial charge in [-0.1, -0.05) is 18.3 Å². The van der Waals surface area contributed by atoms with Crippen LogP contribution in [-0.2, 0) is 12.8 Å². The van der Waals surface area contributed by atoms with Crippen molar-refractivity contribution in [1.29, 1.82) is 0 Å². The summed E-state index contributed by atoms with van der Waals surface area (Å²) in [6.45, 7) is 0. The first-order valence-electron chi connectivity index (χ1n) is 6.60. The number of nitrogens with two attached hydrogens (primary N) is 1. The zero-order valence-corrected chi connectivity index (χ0v) is 15.1. The fraction of sp³-hybridized carbons (Fsp3) is 0.200. The van der Waals surface area contributed by atoms with E-state index in [2.05, 4.69) is 43.2 Å². The molecule has 0 saturated heterocycles. The lowest BCUT2D eigenvalue weighted by atomic mass is 10.1. The summed E-state index contributed by atoms with van der Waals surface area (Å²) in [7, 11) is 0. The van der Waals surface area contributed by atoms with Crippen LogP contribution in [0.25, 0.3) is 0 Å². The van der Waals surface area contributed by atoms with Crippen molar-refractivity contribution in [3.05, 3.63) is 50.0 Å². The molecule has 2 aromatic rings. The third-order valence-corrected chi connectivity index (χ3v) is 5.06. The van der Waals surface area contributed by atoms with Crippen molar-refractivity contribution in [3.8, 4) is 0 Å². The number of rotatable bonds is 3. The van der Waals surface area contributed by atoms with Crippen molar-refractivity contribution in [2.75, 3.05) is 5.32 Å². The molecular weight excluding hydrogens is 414 g/mol. The van der Waals surface area contributed by atoms with Gasteiger partial charge in [0, 0.05) is 14.6 Å². The quantitative estimate of drug-likeness (QED) is 0.710. The number of benzene rings is 1. The number of thiocarbonyl (C=S) groups is 1. The molecule has 3 rings (SSSR count). The number of nitrogens with one attached hydrogen (secondary N) is 1. The molecule has 3 nitrogen and oxygen atoms in total. The van der Waals surface area contributed by atoms with Gasteiger partial charge < -0.3 is 11.1 Å². The minimum Gasteiger partial charge on any atom is -0.389 e. The Balaban J connectivity index is 2.08. The first-order chi connectivity index (χ1) is 10.1. The third kappa shape index (κ3) is 2.98. The molecule has 0 radical (unpaired) electrons. The average Bonchev–Trinajstić information content (AvgIpc) is 2.89. The summed E-state index contributed by atoms with van der Waals surface area (Å²) >= 11 is 12.3. The van der Waals surface area contributed by atoms with Crippen molar-refractivity contribution >= 4 is 60.6 Å². The Bertz CT molecular complexity index is 711. The summed E-state index contributed by atoms with van der Waals surface area (Å²) in [4.78, 5) is 5.10. The molecule has 0 fully saturated rings. The number of hydrogen-bond acceptors (Lipinski definition) is 3. The van der Waals surface area contributed by atoms with Crippen molar-refractivity contribution in [1.82, 2.24) is 4.98 Å². The Kier molecular flexibility index (Phi) is 4.28. The van der Waals surface area contributed by atoms with E-state index in [4.69, 9.17) is 22.9 Å². The van der Waals surface area contributed by atoms with Crippen LogP contribution in [0.4, 0.5) is 11.5 Å². The van der Waals surface area contributed by atoms with Gasteiger partial charge in [-0.25, -0.2) is 4.98 Å². The van der Waals surface area contributed by atoms with Crippen LogP contribution in [0.2, 0.25) is 0 Å². The molecule has 108 valence electrons. The van der Waals surface area contributed by atoms with Gasteiger partial charge in [-0.15, -0.1) is 0 Å². The van der Waals surface area contributed by atoms with Crippen LogP contribution in [-0.4, -0.2) is 9.97 Å². The Morgan fingerprint density at radius 3 is 2.62 bits per heavy atom. The normalized spacial score (nSPS) is 13.0. The van der Waals surface area contributed by atoms with Gasteiger partial charge >= 0.3 is 0 Å². The van der Waals surface area contributed by atoms with E-state index in [0.29, 0.717) is 4.99 Å². The summed E-state index contributed by atoms with van der Waals surface area (Å²) in [5.74, 6) is 0.718. The number of hydrogen-bond donors (Lipinski definition) is 2. The standard InChI is InChI=1S/C15H13Br2N3S/c16-10-4-2-5-11(17)13(10)20-15-9(14(18)21)7-8-3-1-6-12(8)19-15/h2,4-5,7H,1,3,6H2,(H2,18,21)(H,19,20). The number of anilines is 2. The highest BCUT2D eigenvalue weighted by atomic mass is 79.9. The smallest absolute Gasteiger partial charge is 0.140 e. The number of halogens is 2. The Morgan fingerprint density at radius 1 is 1.24 bits per heavy atom. The van der Waals surface area contributed by atoms with Crippen LogP contribution in [0.5, 0.6) is 0 Å². The summed E-state index contributed by atoms with van der Waals surface area (Å²) in [5, 5.41) is 3.35. The van der Waals surface area contributed by atoms with Crippen molar-refractivity contribution in [2.24, 2.45) is 5.73 Å². The maximum atomic E-state index is 5.87. The van der Waals surface area contributed by atoms with Crippen LogP contribution in [0, 0.1) is 0 Å². The number of para-hydroxylation sites is 1. The van der Waals surface area contributed by atoms with Crippen molar-refractivity contribution < 1.29 is 0 Å². The topological polar surface area (TPSA) is 50.9 Å².